The molecule has 134 valence electrons. The van der Waals surface area contributed by atoms with Crippen molar-refractivity contribution in [1.29, 1.82) is 0 Å². The van der Waals surface area contributed by atoms with E-state index < -0.39 is 23.3 Å². The van der Waals surface area contributed by atoms with Crippen molar-refractivity contribution in [1.82, 2.24) is 10.6 Å². The smallest absolute Gasteiger partial charge is 0.315 e. The third-order valence-electron chi connectivity index (χ3n) is 4.44. The molecule has 2 amide bonds. The second-order valence-corrected chi connectivity index (χ2v) is 6.46. The third-order valence-corrected chi connectivity index (χ3v) is 4.44. The first-order valence-electron chi connectivity index (χ1n) is 8.09. The van der Waals surface area contributed by atoms with E-state index in [1.54, 1.807) is 0 Å². The molecular weight excluding hydrogens is 318 g/mol. The van der Waals surface area contributed by atoms with Gasteiger partial charge in [-0.3, -0.25) is 0 Å². The summed E-state index contributed by atoms with van der Waals surface area (Å²) in [6.45, 7) is 4.48. The van der Waals surface area contributed by atoms with Crippen molar-refractivity contribution in [3.05, 3.63) is 35.4 Å². The zero-order chi connectivity index (χ0) is 17.7. The highest BCUT2D eigenvalue weighted by Crippen LogP contribution is 2.23. The van der Waals surface area contributed by atoms with E-state index in [2.05, 4.69) is 10.6 Å². The number of ether oxygens (including phenoxy) is 1. The number of rotatable bonds is 5. The Labute approximate surface area is 140 Å². The van der Waals surface area contributed by atoms with Crippen LogP contribution in [0.15, 0.2) is 18.2 Å². The summed E-state index contributed by atoms with van der Waals surface area (Å²) in [4.78, 5) is 12.0. The molecule has 3 N–H and O–H groups in total. The van der Waals surface area contributed by atoms with Crippen LogP contribution in [0.25, 0.3) is 0 Å². The summed E-state index contributed by atoms with van der Waals surface area (Å²) in [6.07, 6.45) is 1.78. The summed E-state index contributed by atoms with van der Waals surface area (Å²) in [5.41, 5.74) is -1.71. The maximum Gasteiger partial charge on any atom is 0.315 e. The minimum absolute atomic E-state index is 0.0265. The molecule has 1 saturated heterocycles. The van der Waals surface area contributed by atoms with E-state index in [0.717, 1.165) is 18.9 Å². The fourth-order valence-electron chi connectivity index (χ4n) is 2.87. The van der Waals surface area contributed by atoms with Crippen molar-refractivity contribution in [2.75, 3.05) is 19.8 Å². The van der Waals surface area contributed by atoms with Gasteiger partial charge in [-0.05, 0) is 38.7 Å². The number of hydrogen-bond acceptors (Lipinski definition) is 3. The molecule has 5 nitrogen and oxygen atoms in total. The summed E-state index contributed by atoms with van der Waals surface area (Å²) in [5, 5.41) is 15.7. The lowest BCUT2D eigenvalue weighted by Crippen LogP contribution is -2.48. The predicted octanol–water partition coefficient (Wildman–Crippen LogP) is 2.29. The highest BCUT2D eigenvalue weighted by molar-refractivity contribution is 5.74. The molecule has 2 atom stereocenters. The molecule has 0 aromatic heterocycles. The van der Waals surface area contributed by atoms with Crippen LogP contribution in [-0.4, -0.2) is 36.9 Å². The molecule has 7 heteroatoms. The summed E-state index contributed by atoms with van der Waals surface area (Å²) in [6, 6.07) is 2.49. The number of halogens is 2. The van der Waals surface area contributed by atoms with Crippen LogP contribution in [-0.2, 0) is 10.3 Å². The zero-order valence-electron chi connectivity index (χ0n) is 13.9. The quantitative estimate of drug-likeness (QED) is 0.769. The number of aliphatic hydroxyl groups is 1. The van der Waals surface area contributed by atoms with Gasteiger partial charge in [0.15, 0.2) is 0 Å². The predicted molar refractivity (Wildman–Crippen MR) is 85.5 cm³/mol. The molecule has 0 bridgehead atoms. The van der Waals surface area contributed by atoms with Gasteiger partial charge >= 0.3 is 6.03 Å². The van der Waals surface area contributed by atoms with Crippen molar-refractivity contribution in [3.8, 4) is 0 Å². The number of hydrogen-bond donors (Lipinski definition) is 3. The molecule has 0 radical (unpaired) electrons. The average molecular weight is 342 g/mol. The van der Waals surface area contributed by atoms with Gasteiger partial charge in [0.05, 0.1) is 6.54 Å². The number of carbonyl (C=O) groups is 1. The minimum Gasteiger partial charge on any atom is -0.383 e. The zero-order valence-corrected chi connectivity index (χ0v) is 13.9. The van der Waals surface area contributed by atoms with Gasteiger partial charge in [-0.2, -0.15) is 0 Å². The third kappa shape index (κ3) is 4.88. The van der Waals surface area contributed by atoms with Gasteiger partial charge in [0.2, 0.25) is 0 Å². The summed E-state index contributed by atoms with van der Waals surface area (Å²) in [5.74, 6) is -1.22. The number of nitrogens with one attached hydrogen (secondary N) is 2. The lowest BCUT2D eigenvalue weighted by molar-refractivity contribution is 0.0524. The van der Waals surface area contributed by atoms with E-state index in [9.17, 15) is 18.7 Å². The van der Waals surface area contributed by atoms with Crippen LogP contribution in [0.2, 0.25) is 0 Å². The molecular formula is C17H24F2N2O3. The van der Waals surface area contributed by atoms with Crippen LogP contribution in [0.4, 0.5) is 13.6 Å². The Bertz CT molecular complexity index is 575. The van der Waals surface area contributed by atoms with E-state index in [1.165, 1.54) is 13.0 Å². The van der Waals surface area contributed by atoms with Gasteiger partial charge in [0.1, 0.15) is 17.2 Å². The summed E-state index contributed by atoms with van der Waals surface area (Å²) in [7, 11) is 0. The minimum atomic E-state index is -1.64. The first kappa shape index (κ1) is 18.6. The van der Waals surface area contributed by atoms with Crippen LogP contribution in [0.1, 0.15) is 32.3 Å². The number of amides is 2. The van der Waals surface area contributed by atoms with E-state index in [-0.39, 0.29) is 18.2 Å². The second-order valence-electron chi connectivity index (χ2n) is 6.46. The van der Waals surface area contributed by atoms with E-state index in [1.807, 2.05) is 6.92 Å². The normalized spacial score (nSPS) is 19.4. The maximum absolute atomic E-state index is 13.8. The SMILES string of the molecule is CC(NC(=O)NCC(C)(O)c1ccc(F)cc1F)C1CCOCC1. The molecule has 2 unspecified atom stereocenters. The highest BCUT2D eigenvalue weighted by Gasteiger charge is 2.28. The van der Waals surface area contributed by atoms with Gasteiger partial charge in [0, 0.05) is 30.9 Å². The molecule has 1 aromatic carbocycles. The standard InChI is InChI=1S/C17H24F2N2O3/c1-11(12-5-7-24-8-6-12)21-16(22)20-10-17(2,23)14-4-3-13(18)9-15(14)19/h3-4,9,11-12,23H,5-8,10H2,1-2H3,(H2,20,21,22). The molecule has 1 aliphatic rings. The van der Waals surface area contributed by atoms with Gasteiger partial charge < -0.3 is 20.5 Å². The number of benzene rings is 1. The highest BCUT2D eigenvalue weighted by atomic mass is 19.1. The van der Waals surface area contributed by atoms with Gasteiger partial charge in [-0.15, -0.1) is 0 Å². The molecule has 0 saturated carbocycles. The molecule has 1 aromatic rings. The van der Waals surface area contributed by atoms with Gasteiger partial charge in [-0.1, -0.05) is 6.07 Å². The monoisotopic (exact) mass is 342 g/mol. The fraction of sp³-hybridized carbons (Fsp3) is 0.588. The Balaban J connectivity index is 1.87. The fourth-order valence-corrected chi connectivity index (χ4v) is 2.87. The van der Waals surface area contributed by atoms with Gasteiger partial charge in [0.25, 0.3) is 0 Å². The average Bonchev–Trinajstić information content (AvgIpc) is 2.53. The topological polar surface area (TPSA) is 70.6 Å². The lowest BCUT2D eigenvalue weighted by atomic mass is 9.93. The van der Waals surface area contributed by atoms with Crippen molar-refractivity contribution in [2.45, 2.75) is 38.3 Å². The van der Waals surface area contributed by atoms with Crippen LogP contribution in [0.5, 0.6) is 0 Å². The Morgan fingerprint density at radius 3 is 2.71 bits per heavy atom. The van der Waals surface area contributed by atoms with E-state index >= 15 is 0 Å². The Morgan fingerprint density at radius 1 is 1.42 bits per heavy atom. The van der Waals surface area contributed by atoms with Crippen LogP contribution < -0.4 is 10.6 Å². The maximum atomic E-state index is 13.8. The van der Waals surface area contributed by atoms with E-state index in [4.69, 9.17) is 4.74 Å². The molecule has 24 heavy (non-hydrogen) atoms. The summed E-state index contributed by atoms with van der Waals surface area (Å²) >= 11 is 0. The number of urea groups is 1. The molecule has 1 heterocycles. The first-order chi connectivity index (χ1) is 11.3. The Kier molecular flexibility index (Phi) is 6.12. The van der Waals surface area contributed by atoms with Crippen molar-refractivity contribution >= 4 is 6.03 Å². The van der Waals surface area contributed by atoms with Crippen LogP contribution in [0, 0.1) is 17.6 Å². The van der Waals surface area contributed by atoms with Crippen LogP contribution >= 0.6 is 0 Å². The van der Waals surface area contributed by atoms with Crippen molar-refractivity contribution < 1.29 is 23.4 Å². The van der Waals surface area contributed by atoms with Gasteiger partial charge in [-0.25, -0.2) is 13.6 Å². The largest absolute Gasteiger partial charge is 0.383 e. The van der Waals surface area contributed by atoms with Crippen molar-refractivity contribution in [2.24, 2.45) is 5.92 Å². The molecule has 2 rings (SSSR count). The van der Waals surface area contributed by atoms with E-state index in [0.29, 0.717) is 25.2 Å². The molecule has 0 spiro atoms. The Hall–Kier alpha value is -1.73. The molecule has 0 aliphatic carbocycles. The molecule has 1 fully saturated rings. The second kappa shape index (κ2) is 7.90. The van der Waals surface area contributed by atoms with Crippen molar-refractivity contribution in [3.63, 3.8) is 0 Å². The molecule has 1 aliphatic heterocycles. The number of carbonyl (C=O) groups excluding carboxylic acids is 1. The first-order valence-corrected chi connectivity index (χ1v) is 8.09. The van der Waals surface area contributed by atoms with Crippen LogP contribution in [0.3, 0.4) is 0 Å². The lowest BCUT2D eigenvalue weighted by Gasteiger charge is -2.29. The summed E-state index contributed by atoms with van der Waals surface area (Å²) < 4.78 is 32.0. The Morgan fingerprint density at radius 2 is 2.08 bits per heavy atom.